The van der Waals surface area contributed by atoms with Crippen LogP contribution < -0.4 is 21.3 Å². The molecule has 1 aliphatic heterocycles. The Hall–Kier alpha value is -4.31. The molecule has 1 aliphatic rings. The molecule has 3 aromatic rings. The molecule has 0 radical (unpaired) electrons. The summed E-state index contributed by atoms with van der Waals surface area (Å²) in [6, 6.07) is 9.31. The molecule has 3 heterocycles. The van der Waals surface area contributed by atoms with E-state index in [1.807, 2.05) is 12.2 Å². The van der Waals surface area contributed by atoms with Gasteiger partial charge in [-0.25, -0.2) is 14.2 Å². The Bertz CT molecular complexity index is 1460. The van der Waals surface area contributed by atoms with E-state index in [0.29, 0.717) is 18.2 Å². The zero-order valence-corrected chi connectivity index (χ0v) is 24.8. The fourth-order valence-electron chi connectivity index (χ4n) is 4.63. The predicted molar refractivity (Wildman–Crippen MR) is 165 cm³/mol. The summed E-state index contributed by atoms with van der Waals surface area (Å²) in [5.41, 5.74) is 7.55. The molecule has 0 aliphatic carbocycles. The molecule has 0 bridgehead atoms. The second kappa shape index (κ2) is 13.1. The summed E-state index contributed by atoms with van der Waals surface area (Å²) in [6.07, 6.45) is 8.06. The van der Waals surface area contributed by atoms with Crippen LogP contribution in [0.3, 0.4) is 0 Å². The van der Waals surface area contributed by atoms with Gasteiger partial charge in [-0.2, -0.15) is 0 Å². The number of nitrogen functional groups attached to an aromatic ring is 1. The normalized spacial score (nSPS) is 15.5. The zero-order valence-electron chi connectivity index (χ0n) is 24.8. The van der Waals surface area contributed by atoms with Crippen LogP contribution in [0.5, 0.6) is 0 Å². The van der Waals surface area contributed by atoms with E-state index in [9.17, 15) is 14.0 Å². The van der Waals surface area contributed by atoms with E-state index in [1.165, 1.54) is 18.3 Å². The molecule has 42 heavy (non-hydrogen) atoms. The second-order valence-electron chi connectivity index (χ2n) is 11.7. The number of nitrogens with one attached hydrogen (secondary N) is 2. The first-order valence-electron chi connectivity index (χ1n) is 14.2. The topological polar surface area (TPSA) is 122 Å². The van der Waals surface area contributed by atoms with Crippen molar-refractivity contribution in [1.82, 2.24) is 15.3 Å². The van der Waals surface area contributed by atoms with Gasteiger partial charge in [-0.1, -0.05) is 32.1 Å². The number of nitrogens with zero attached hydrogens (tertiary/aromatic N) is 3. The number of nitrogens with two attached hydrogens (primary N) is 1. The number of piperidine rings is 1. The minimum absolute atomic E-state index is 0.0759. The van der Waals surface area contributed by atoms with E-state index >= 15 is 0 Å². The molecule has 4 rings (SSSR count). The second-order valence-corrected chi connectivity index (χ2v) is 11.7. The molecule has 1 fully saturated rings. The van der Waals surface area contributed by atoms with Gasteiger partial charge < -0.3 is 21.1 Å². The smallest absolute Gasteiger partial charge is 0.415 e. The molecule has 0 unspecified atom stereocenters. The molecular weight excluding hydrogens is 535 g/mol. The van der Waals surface area contributed by atoms with Crippen molar-refractivity contribution in [2.75, 3.05) is 29.0 Å². The van der Waals surface area contributed by atoms with Crippen molar-refractivity contribution < 1.29 is 18.7 Å². The highest BCUT2D eigenvalue weighted by Crippen LogP contribution is 2.31. The summed E-state index contributed by atoms with van der Waals surface area (Å²) in [6.45, 7) is 11.0. The molecule has 222 valence electrons. The Morgan fingerprint density at radius 1 is 1.21 bits per heavy atom. The third-order valence-electron chi connectivity index (χ3n) is 6.61. The zero-order chi connectivity index (χ0) is 30.4. The summed E-state index contributed by atoms with van der Waals surface area (Å²) >= 11 is 0. The number of ether oxygens (including phenoxy) is 1. The van der Waals surface area contributed by atoms with E-state index in [1.54, 1.807) is 56.1 Å². The lowest BCUT2D eigenvalue weighted by molar-refractivity contribution is 0.0560. The highest BCUT2D eigenvalue weighted by molar-refractivity contribution is 6.09. The molecular formula is C32H39FN6O3. The average Bonchev–Trinajstić information content (AvgIpc) is 2.93. The number of pyridine rings is 2. The van der Waals surface area contributed by atoms with E-state index in [0.717, 1.165) is 24.9 Å². The van der Waals surface area contributed by atoms with Gasteiger partial charge in [0.25, 0.3) is 5.91 Å². The summed E-state index contributed by atoms with van der Waals surface area (Å²) in [7, 11) is 0. The van der Waals surface area contributed by atoms with Crippen LogP contribution in [-0.2, 0) is 4.74 Å². The molecule has 9 nitrogen and oxygen atoms in total. The molecule has 4 N–H and O–H groups in total. The Morgan fingerprint density at radius 2 is 2.00 bits per heavy atom. The van der Waals surface area contributed by atoms with Crippen LogP contribution in [-0.4, -0.2) is 46.7 Å². The monoisotopic (exact) mass is 574 g/mol. The minimum Gasteiger partial charge on any atom is -0.443 e. The number of aromatic nitrogens is 2. The van der Waals surface area contributed by atoms with Crippen molar-refractivity contribution in [3.05, 3.63) is 71.9 Å². The maximum atomic E-state index is 14.9. The summed E-state index contributed by atoms with van der Waals surface area (Å²) in [4.78, 5) is 37.2. The Balaban J connectivity index is 1.67. The Labute approximate surface area is 246 Å². The van der Waals surface area contributed by atoms with Crippen LogP contribution in [0.25, 0.3) is 17.3 Å². The van der Waals surface area contributed by atoms with Gasteiger partial charge in [0, 0.05) is 18.3 Å². The lowest BCUT2D eigenvalue weighted by atomic mass is 10.0. The largest absolute Gasteiger partial charge is 0.443 e. The van der Waals surface area contributed by atoms with E-state index in [-0.39, 0.29) is 34.4 Å². The predicted octanol–water partition coefficient (Wildman–Crippen LogP) is 6.28. The van der Waals surface area contributed by atoms with Crippen molar-refractivity contribution in [2.24, 2.45) is 5.92 Å². The quantitative estimate of drug-likeness (QED) is 0.304. The molecule has 2 aromatic heterocycles. The van der Waals surface area contributed by atoms with Crippen molar-refractivity contribution in [2.45, 2.75) is 59.1 Å². The highest BCUT2D eigenvalue weighted by Gasteiger charge is 2.32. The molecule has 1 atom stereocenters. The minimum atomic E-state index is -0.718. The number of benzene rings is 1. The van der Waals surface area contributed by atoms with E-state index in [2.05, 4.69) is 34.4 Å². The molecule has 0 saturated carbocycles. The van der Waals surface area contributed by atoms with Crippen molar-refractivity contribution in [1.29, 1.82) is 0 Å². The third-order valence-corrected chi connectivity index (χ3v) is 6.61. The molecule has 10 heteroatoms. The third kappa shape index (κ3) is 7.70. The number of hydrogen-bond acceptors (Lipinski definition) is 7. The summed E-state index contributed by atoms with van der Waals surface area (Å²) in [5.74, 6) is -0.754. The van der Waals surface area contributed by atoms with Crippen LogP contribution >= 0.6 is 0 Å². The van der Waals surface area contributed by atoms with Gasteiger partial charge in [0.2, 0.25) is 0 Å². The van der Waals surface area contributed by atoms with Crippen molar-refractivity contribution in [3.8, 4) is 11.3 Å². The first-order valence-corrected chi connectivity index (χ1v) is 14.2. The van der Waals surface area contributed by atoms with Crippen molar-refractivity contribution in [3.63, 3.8) is 0 Å². The van der Waals surface area contributed by atoms with Gasteiger partial charge in [-0.3, -0.25) is 14.7 Å². The van der Waals surface area contributed by atoms with Crippen LogP contribution in [0.15, 0.2) is 54.9 Å². The van der Waals surface area contributed by atoms with Crippen LogP contribution in [0, 0.1) is 11.7 Å². The number of allylic oxidation sites excluding steroid dienone is 1. The van der Waals surface area contributed by atoms with Gasteiger partial charge >= 0.3 is 6.09 Å². The summed E-state index contributed by atoms with van der Waals surface area (Å²) < 4.78 is 20.6. The highest BCUT2D eigenvalue weighted by atomic mass is 19.1. The van der Waals surface area contributed by atoms with Gasteiger partial charge in [0.1, 0.15) is 11.4 Å². The van der Waals surface area contributed by atoms with Crippen molar-refractivity contribution >= 4 is 35.1 Å². The maximum absolute atomic E-state index is 14.9. The Kier molecular flexibility index (Phi) is 9.57. The molecule has 1 aromatic carbocycles. The lowest BCUT2D eigenvalue weighted by Crippen LogP contribution is -2.50. The average molecular weight is 575 g/mol. The van der Waals surface area contributed by atoms with Crippen LogP contribution in [0.2, 0.25) is 0 Å². The molecule has 2 amide bonds. The number of halogens is 1. The standard InChI is InChI=1S/C32H39FN6O3/c1-20(2)8-9-21-10-11-24(33)23(17-21)26-13-12-25(34)29(37-26)30(40)38-27-19-36-16-14-28(27)39(22-7-6-15-35-18-22)31(41)42-32(3,4)5/h8-14,16-17,19-20,22,35H,6-7,15,18,34H2,1-5H3,(H,38,40)/b9-8-/t22-/m0/s1. The van der Waals surface area contributed by atoms with Crippen LogP contribution in [0.4, 0.5) is 26.2 Å². The molecule has 1 saturated heterocycles. The SMILES string of the molecule is CC(C)/C=C\c1ccc(F)c(-c2ccc(N)c(C(=O)Nc3cnccc3N(C(=O)OC(C)(C)C)[C@H]3CCCNC3)n2)c1. The number of hydrogen-bond donors (Lipinski definition) is 3. The van der Waals surface area contributed by atoms with E-state index in [4.69, 9.17) is 10.5 Å². The van der Waals surface area contributed by atoms with Gasteiger partial charge in [0.15, 0.2) is 5.69 Å². The van der Waals surface area contributed by atoms with Crippen LogP contribution in [0.1, 0.15) is 63.5 Å². The fourth-order valence-corrected chi connectivity index (χ4v) is 4.63. The fraction of sp³-hybridized carbons (Fsp3) is 0.375. The maximum Gasteiger partial charge on any atom is 0.415 e. The Morgan fingerprint density at radius 3 is 2.69 bits per heavy atom. The number of carbonyl (C=O) groups excluding carboxylic acids is 2. The number of rotatable bonds is 7. The number of anilines is 3. The first kappa shape index (κ1) is 30.6. The van der Waals surface area contributed by atoms with Gasteiger partial charge in [0.05, 0.1) is 35.0 Å². The lowest BCUT2D eigenvalue weighted by Gasteiger charge is -2.36. The number of carbonyl (C=O) groups is 2. The molecule has 0 spiro atoms. The summed E-state index contributed by atoms with van der Waals surface area (Å²) in [5, 5.41) is 6.15. The van der Waals surface area contributed by atoms with E-state index < -0.39 is 23.4 Å². The first-order chi connectivity index (χ1) is 19.9. The van der Waals surface area contributed by atoms with Gasteiger partial charge in [-0.05, 0) is 82.0 Å². The van der Waals surface area contributed by atoms with Gasteiger partial charge in [-0.15, -0.1) is 0 Å². The number of amides is 2.